The Morgan fingerprint density at radius 3 is 2.69 bits per heavy atom. The van der Waals surface area contributed by atoms with Crippen LogP contribution in [0.25, 0.3) is 10.2 Å². The number of carbonyl (C=O) groups excluding carboxylic acids is 1. The van der Waals surface area contributed by atoms with Crippen LogP contribution >= 0.6 is 11.3 Å². The number of aryl methyl sites for hydroxylation is 2. The Labute approximate surface area is 154 Å². The van der Waals surface area contributed by atoms with E-state index < -0.39 is 28.3 Å². The zero-order valence-electron chi connectivity index (χ0n) is 14.0. The molecule has 0 atom stereocenters. The monoisotopic (exact) mass is 393 g/mol. The second kappa shape index (κ2) is 7.10. The average molecular weight is 393 g/mol. The van der Waals surface area contributed by atoms with E-state index in [1.165, 1.54) is 41.7 Å². The third-order valence-electron chi connectivity index (χ3n) is 3.66. The molecule has 0 radical (unpaired) electrons. The number of thiazole rings is 1. The summed E-state index contributed by atoms with van der Waals surface area (Å²) in [5.41, 5.74) is 1.71. The zero-order valence-corrected chi connectivity index (χ0v) is 15.7. The predicted octanol–water partition coefficient (Wildman–Crippen LogP) is 2.97. The van der Waals surface area contributed by atoms with Crippen molar-refractivity contribution in [3.8, 4) is 0 Å². The molecule has 3 aromatic rings. The summed E-state index contributed by atoms with van der Waals surface area (Å²) in [5.74, 6) is -0.951. The molecule has 6 nitrogen and oxygen atoms in total. The van der Waals surface area contributed by atoms with Crippen molar-refractivity contribution in [2.75, 3.05) is 11.9 Å². The van der Waals surface area contributed by atoms with Gasteiger partial charge in [0.2, 0.25) is 15.9 Å². The van der Waals surface area contributed by atoms with Gasteiger partial charge in [-0.1, -0.05) is 0 Å². The molecule has 0 aliphatic heterocycles. The standard InChI is InChI=1S/C17H16FN3O3S2/c1-10-7-12(18)3-5-14(10)21-17(22)9-19-26(23,24)13-4-6-15-16(8-13)25-11(2)20-15/h3-8,19H,9H2,1-2H3,(H,21,22). The van der Waals surface area contributed by atoms with Crippen LogP contribution in [0.3, 0.4) is 0 Å². The number of rotatable bonds is 5. The van der Waals surface area contributed by atoms with E-state index >= 15 is 0 Å². The van der Waals surface area contributed by atoms with Crippen LogP contribution in [0.4, 0.5) is 10.1 Å². The van der Waals surface area contributed by atoms with Gasteiger partial charge in [-0.2, -0.15) is 0 Å². The third-order valence-corrected chi connectivity index (χ3v) is 5.99. The Balaban J connectivity index is 1.69. The molecule has 1 aromatic heterocycles. The van der Waals surface area contributed by atoms with Gasteiger partial charge in [0, 0.05) is 5.69 Å². The molecule has 0 fully saturated rings. The lowest BCUT2D eigenvalue weighted by atomic mass is 10.2. The van der Waals surface area contributed by atoms with Gasteiger partial charge in [0.1, 0.15) is 5.82 Å². The van der Waals surface area contributed by atoms with Crippen LogP contribution in [0.5, 0.6) is 0 Å². The Morgan fingerprint density at radius 2 is 1.96 bits per heavy atom. The number of nitrogens with zero attached hydrogens (tertiary/aromatic N) is 1. The molecule has 0 saturated heterocycles. The van der Waals surface area contributed by atoms with Gasteiger partial charge in [-0.05, 0) is 55.8 Å². The van der Waals surface area contributed by atoms with Crippen molar-refractivity contribution in [3.05, 3.63) is 52.8 Å². The first-order chi connectivity index (χ1) is 12.2. The topological polar surface area (TPSA) is 88.2 Å². The molecule has 0 saturated carbocycles. The maximum absolute atomic E-state index is 13.1. The number of anilines is 1. The van der Waals surface area contributed by atoms with Crippen LogP contribution in [0.1, 0.15) is 10.6 Å². The highest BCUT2D eigenvalue weighted by molar-refractivity contribution is 7.89. The highest BCUT2D eigenvalue weighted by Gasteiger charge is 2.17. The summed E-state index contributed by atoms with van der Waals surface area (Å²) < 4.78 is 40.9. The minimum absolute atomic E-state index is 0.0689. The van der Waals surface area contributed by atoms with E-state index in [9.17, 15) is 17.6 Å². The van der Waals surface area contributed by atoms with Gasteiger partial charge in [-0.25, -0.2) is 22.5 Å². The first kappa shape index (κ1) is 18.4. The SMILES string of the molecule is Cc1nc2ccc(S(=O)(=O)NCC(=O)Nc3ccc(F)cc3C)cc2s1. The molecule has 0 aliphatic rings. The normalized spacial score (nSPS) is 11.7. The number of fused-ring (bicyclic) bond motifs is 1. The van der Waals surface area contributed by atoms with Crippen LogP contribution in [-0.4, -0.2) is 25.9 Å². The van der Waals surface area contributed by atoms with Crippen molar-refractivity contribution in [1.82, 2.24) is 9.71 Å². The van der Waals surface area contributed by atoms with E-state index in [0.717, 1.165) is 15.2 Å². The summed E-state index contributed by atoms with van der Waals surface area (Å²) in [6, 6.07) is 8.55. The number of hydrogen-bond acceptors (Lipinski definition) is 5. The van der Waals surface area contributed by atoms with Gasteiger partial charge < -0.3 is 5.32 Å². The van der Waals surface area contributed by atoms with E-state index in [4.69, 9.17) is 0 Å². The Hall–Kier alpha value is -2.36. The van der Waals surface area contributed by atoms with Crippen LogP contribution in [0.15, 0.2) is 41.3 Å². The van der Waals surface area contributed by atoms with Crippen molar-refractivity contribution < 1.29 is 17.6 Å². The molecule has 2 N–H and O–H groups in total. The summed E-state index contributed by atoms with van der Waals surface area (Å²) in [7, 11) is -3.84. The van der Waals surface area contributed by atoms with Crippen molar-refractivity contribution in [3.63, 3.8) is 0 Å². The summed E-state index contributed by atoms with van der Waals surface area (Å²) in [5, 5.41) is 3.40. The maximum atomic E-state index is 13.1. The number of nitrogens with one attached hydrogen (secondary N) is 2. The van der Waals surface area contributed by atoms with Gasteiger partial charge in [0.05, 0.1) is 26.7 Å². The Morgan fingerprint density at radius 1 is 1.19 bits per heavy atom. The number of amides is 1. The number of carbonyl (C=O) groups is 1. The number of sulfonamides is 1. The fourth-order valence-corrected chi connectivity index (χ4v) is 4.34. The van der Waals surface area contributed by atoms with E-state index in [1.54, 1.807) is 13.0 Å². The fourth-order valence-electron chi connectivity index (χ4n) is 2.39. The van der Waals surface area contributed by atoms with Gasteiger partial charge in [0.25, 0.3) is 0 Å². The number of benzene rings is 2. The lowest BCUT2D eigenvalue weighted by Crippen LogP contribution is -2.33. The first-order valence-corrected chi connectivity index (χ1v) is 9.97. The average Bonchev–Trinajstić information content (AvgIpc) is 2.95. The molecule has 0 bridgehead atoms. The first-order valence-electron chi connectivity index (χ1n) is 7.67. The highest BCUT2D eigenvalue weighted by Crippen LogP contribution is 2.24. The Kier molecular flexibility index (Phi) is 5.03. The van der Waals surface area contributed by atoms with Gasteiger partial charge in [-0.3, -0.25) is 4.79 Å². The van der Waals surface area contributed by atoms with Crippen LogP contribution in [0, 0.1) is 19.7 Å². The summed E-state index contributed by atoms with van der Waals surface area (Å²) in [6.07, 6.45) is 0. The zero-order chi connectivity index (χ0) is 18.9. The van der Waals surface area contributed by atoms with Crippen molar-refractivity contribution in [2.24, 2.45) is 0 Å². The molecular weight excluding hydrogens is 377 g/mol. The fraction of sp³-hybridized carbons (Fsp3) is 0.176. The summed E-state index contributed by atoms with van der Waals surface area (Å²) in [6.45, 7) is 3.06. The second-order valence-corrected chi connectivity index (χ2v) is 8.70. The third kappa shape index (κ3) is 4.06. The highest BCUT2D eigenvalue weighted by atomic mass is 32.2. The quantitative estimate of drug-likeness (QED) is 0.698. The molecule has 1 heterocycles. The van der Waals surface area contributed by atoms with Gasteiger partial charge >= 0.3 is 0 Å². The lowest BCUT2D eigenvalue weighted by Gasteiger charge is -2.10. The molecule has 1 amide bonds. The minimum Gasteiger partial charge on any atom is -0.325 e. The molecular formula is C17H16FN3O3S2. The molecule has 26 heavy (non-hydrogen) atoms. The number of hydrogen-bond donors (Lipinski definition) is 2. The lowest BCUT2D eigenvalue weighted by molar-refractivity contribution is -0.115. The molecule has 0 aliphatic carbocycles. The predicted molar refractivity (Wildman–Crippen MR) is 99.3 cm³/mol. The van der Waals surface area contributed by atoms with E-state index in [1.807, 2.05) is 6.92 Å². The van der Waals surface area contributed by atoms with E-state index in [0.29, 0.717) is 11.3 Å². The maximum Gasteiger partial charge on any atom is 0.241 e. The van der Waals surface area contributed by atoms with Crippen LogP contribution in [-0.2, 0) is 14.8 Å². The number of aromatic nitrogens is 1. The van der Waals surface area contributed by atoms with E-state index in [-0.39, 0.29) is 4.90 Å². The van der Waals surface area contributed by atoms with Crippen LogP contribution in [0.2, 0.25) is 0 Å². The number of halogens is 1. The molecule has 3 rings (SSSR count). The smallest absolute Gasteiger partial charge is 0.241 e. The summed E-state index contributed by atoms with van der Waals surface area (Å²) >= 11 is 1.40. The molecule has 2 aromatic carbocycles. The minimum atomic E-state index is -3.84. The van der Waals surface area contributed by atoms with Crippen LogP contribution < -0.4 is 10.0 Å². The largest absolute Gasteiger partial charge is 0.325 e. The molecule has 0 unspecified atom stereocenters. The van der Waals surface area contributed by atoms with E-state index in [2.05, 4.69) is 15.0 Å². The molecule has 136 valence electrons. The molecule has 0 spiro atoms. The Bertz CT molecular complexity index is 1090. The van der Waals surface area contributed by atoms with Crippen molar-refractivity contribution in [2.45, 2.75) is 18.7 Å². The van der Waals surface area contributed by atoms with Gasteiger partial charge in [0.15, 0.2) is 0 Å². The van der Waals surface area contributed by atoms with Gasteiger partial charge in [-0.15, -0.1) is 11.3 Å². The second-order valence-electron chi connectivity index (χ2n) is 5.69. The molecule has 9 heteroatoms. The summed E-state index contributed by atoms with van der Waals surface area (Å²) in [4.78, 5) is 16.4. The van der Waals surface area contributed by atoms with Crippen molar-refractivity contribution in [1.29, 1.82) is 0 Å². The van der Waals surface area contributed by atoms with Crippen molar-refractivity contribution >= 4 is 43.2 Å².